The van der Waals surface area contributed by atoms with E-state index >= 15 is 0 Å². The molecule has 112 valence electrons. The fraction of sp³-hybridized carbons (Fsp3) is 0.133. The number of carbonyl (C=O) groups is 1. The summed E-state index contributed by atoms with van der Waals surface area (Å²) in [5.74, 6) is -1.24. The van der Waals surface area contributed by atoms with E-state index in [-0.39, 0.29) is 29.4 Å². The lowest BCUT2D eigenvalue weighted by Gasteiger charge is -2.00. The number of carboxylic acid groups (broad SMARTS) is 1. The summed E-state index contributed by atoms with van der Waals surface area (Å²) in [6, 6.07) is 4.98. The van der Waals surface area contributed by atoms with Crippen molar-refractivity contribution in [2.45, 2.75) is 13.5 Å². The van der Waals surface area contributed by atoms with Gasteiger partial charge in [-0.3, -0.25) is 4.68 Å². The number of halogens is 1. The highest BCUT2D eigenvalue weighted by atomic mass is 19.1. The highest BCUT2D eigenvalue weighted by Crippen LogP contribution is 2.24. The Kier molecular flexibility index (Phi) is 3.46. The molecule has 3 rings (SSSR count). The third kappa shape index (κ3) is 2.60. The van der Waals surface area contributed by atoms with Crippen LogP contribution in [-0.4, -0.2) is 25.8 Å². The van der Waals surface area contributed by atoms with Crippen LogP contribution in [0.25, 0.3) is 11.5 Å². The smallest absolute Gasteiger partial charge is 0.338 e. The molecule has 0 saturated heterocycles. The summed E-state index contributed by atoms with van der Waals surface area (Å²) in [6.45, 7) is 1.91. The van der Waals surface area contributed by atoms with Gasteiger partial charge in [0.1, 0.15) is 17.8 Å². The van der Waals surface area contributed by atoms with E-state index in [9.17, 15) is 9.18 Å². The summed E-state index contributed by atoms with van der Waals surface area (Å²) in [5.41, 5.74) is 1.41. The molecule has 3 aromatic rings. The van der Waals surface area contributed by atoms with Crippen molar-refractivity contribution in [1.29, 1.82) is 0 Å². The van der Waals surface area contributed by atoms with Gasteiger partial charge in [0.15, 0.2) is 0 Å². The van der Waals surface area contributed by atoms with Crippen molar-refractivity contribution in [3.63, 3.8) is 0 Å². The Morgan fingerprint density at radius 2 is 2.27 bits per heavy atom. The Morgan fingerprint density at radius 1 is 1.45 bits per heavy atom. The van der Waals surface area contributed by atoms with Crippen LogP contribution in [-0.2, 0) is 6.54 Å². The first kappa shape index (κ1) is 14.0. The van der Waals surface area contributed by atoms with Gasteiger partial charge in [-0.05, 0) is 18.6 Å². The van der Waals surface area contributed by atoms with Crippen LogP contribution >= 0.6 is 0 Å². The molecule has 0 aliphatic rings. The molecule has 2 aromatic heterocycles. The van der Waals surface area contributed by atoms with Gasteiger partial charge >= 0.3 is 5.97 Å². The summed E-state index contributed by atoms with van der Waals surface area (Å²) in [7, 11) is 0. The Bertz CT molecular complexity index is 838. The van der Waals surface area contributed by atoms with Crippen molar-refractivity contribution in [2.24, 2.45) is 0 Å². The maximum atomic E-state index is 14.0. The van der Waals surface area contributed by atoms with Crippen molar-refractivity contribution in [3.05, 3.63) is 59.5 Å². The maximum absolute atomic E-state index is 14.0. The van der Waals surface area contributed by atoms with E-state index in [0.717, 1.165) is 0 Å². The second kappa shape index (κ2) is 5.44. The zero-order valence-corrected chi connectivity index (χ0v) is 11.7. The summed E-state index contributed by atoms with van der Waals surface area (Å²) >= 11 is 0. The first-order valence-corrected chi connectivity index (χ1v) is 6.50. The van der Waals surface area contributed by atoms with E-state index in [1.807, 2.05) is 0 Å². The molecule has 1 N–H and O–H groups in total. The number of aromatic carboxylic acids is 1. The van der Waals surface area contributed by atoms with Gasteiger partial charge in [-0.25, -0.2) is 14.2 Å². The molecular weight excluding hydrogens is 289 g/mol. The van der Waals surface area contributed by atoms with Crippen LogP contribution in [0, 0.1) is 12.7 Å². The van der Waals surface area contributed by atoms with Crippen LogP contribution in [0.15, 0.2) is 41.3 Å². The average Bonchev–Trinajstić information content (AvgIpc) is 3.12. The molecule has 0 radical (unpaired) electrons. The standard InChI is InChI=1S/C15H12FN3O3/c1-9-3-2-4-12(13(9)16)14-18-11(8-22-14)7-19-6-10(5-17-19)15(20)21/h2-6,8H,7H2,1H3,(H,20,21). The lowest BCUT2D eigenvalue weighted by Crippen LogP contribution is -2.01. The SMILES string of the molecule is Cc1cccc(-c2nc(Cn3cc(C(=O)O)cn3)co2)c1F. The Hall–Kier alpha value is -2.96. The van der Waals surface area contributed by atoms with Gasteiger partial charge < -0.3 is 9.52 Å². The zero-order valence-electron chi connectivity index (χ0n) is 11.7. The second-order valence-electron chi connectivity index (χ2n) is 4.81. The van der Waals surface area contributed by atoms with Crippen LogP contribution in [0.3, 0.4) is 0 Å². The average molecular weight is 301 g/mol. The molecule has 0 bridgehead atoms. The monoisotopic (exact) mass is 301 g/mol. The first-order chi connectivity index (χ1) is 10.5. The third-order valence-electron chi connectivity index (χ3n) is 3.18. The molecule has 1 aromatic carbocycles. The number of hydrogen-bond donors (Lipinski definition) is 1. The molecule has 2 heterocycles. The van der Waals surface area contributed by atoms with E-state index in [0.29, 0.717) is 11.3 Å². The van der Waals surface area contributed by atoms with Crippen molar-refractivity contribution < 1.29 is 18.7 Å². The molecule has 7 heteroatoms. The molecule has 0 saturated carbocycles. The largest absolute Gasteiger partial charge is 0.478 e. The van der Waals surface area contributed by atoms with Crippen molar-refractivity contribution >= 4 is 5.97 Å². The normalized spacial score (nSPS) is 10.8. The first-order valence-electron chi connectivity index (χ1n) is 6.50. The van der Waals surface area contributed by atoms with Gasteiger partial charge in [-0.15, -0.1) is 0 Å². The van der Waals surface area contributed by atoms with Gasteiger partial charge in [0, 0.05) is 6.20 Å². The van der Waals surface area contributed by atoms with Crippen LogP contribution in [0.1, 0.15) is 21.6 Å². The van der Waals surface area contributed by atoms with Gasteiger partial charge in [-0.1, -0.05) is 12.1 Å². The highest BCUT2D eigenvalue weighted by Gasteiger charge is 2.14. The topological polar surface area (TPSA) is 81.2 Å². The predicted molar refractivity (Wildman–Crippen MR) is 74.9 cm³/mol. The number of hydrogen-bond acceptors (Lipinski definition) is 4. The minimum atomic E-state index is -1.05. The zero-order chi connectivity index (χ0) is 15.7. The fourth-order valence-electron chi connectivity index (χ4n) is 2.04. The molecule has 6 nitrogen and oxygen atoms in total. The van der Waals surface area contributed by atoms with E-state index in [2.05, 4.69) is 10.1 Å². The molecule has 0 unspecified atom stereocenters. The van der Waals surface area contributed by atoms with Crippen molar-refractivity contribution in [1.82, 2.24) is 14.8 Å². The van der Waals surface area contributed by atoms with Crippen LogP contribution in [0.4, 0.5) is 4.39 Å². The number of nitrogens with zero attached hydrogens (tertiary/aromatic N) is 3. The Morgan fingerprint density at radius 3 is 3.00 bits per heavy atom. The lowest BCUT2D eigenvalue weighted by molar-refractivity contribution is 0.0696. The number of benzene rings is 1. The number of aromatic nitrogens is 3. The molecular formula is C15H12FN3O3. The van der Waals surface area contributed by atoms with Crippen molar-refractivity contribution in [2.75, 3.05) is 0 Å². The van der Waals surface area contributed by atoms with Crippen LogP contribution in [0.2, 0.25) is 0 Å². The minimum absolute atomic E-state index is 0.0912. The Labute approximate surface area is 124 Å². The third-order valence-corrected chi connectivity index (χ3v) is 3.18. The summed E-state index contributed by atoms with van der Waals surface area (Å²) < 4.78 is 20.8. The Balaban J connectivity index is 1.84. The quantitative estimate of drug-likeness (QED) is 0.801. The van der Waals surface area contributed by atoms with Gasteiger partial charge in [0.2, 0.25) is 5.89 Å². The number of carboxylic acids is 1. The van der Waals surface area contributed by atoms with Gasteiger partial charge in [-0.2, -0.15) is 5.10 Å². The van der Waals surface area contributed by atoms with Crippen molar-refractivity contribution in [3.8, 4) is 11.5 Å². The van der Waals surface area contributed by atoms with E-state index in [4.69, 9.17) is 9.52 Å². The van der Waals surface area contributed by atoms with Crippen LogP contribution in [0.5, 0.6) is 0 Å². The molecule has 0 amide bonds. The van der Waals surface area contributed by atoms with Crippen LogP contribution < -0.4 is 0 Å². The predicted octanol–water partition coefficient (Wildman–Crippen LogP) is 2.73. The summed E-state index contributed by atoms with van der Waals surface area (Å²) in [5, 5.41) is 12.8. The fourth-order valence-corrected chi connectivity index (χ4v) is 2.04. The minimum Gasteiger partial charge on any atom is -0.478 e. The molecule has 0 spiro atoms. The van der Waals surface area contributed by atoms with E-state index in [1.54, 1.807) is 25.1 Å². The molecule has 0 aliphatic heterocycles. The lowest BCUT2D eigenvalue weighted by atomic mass is 10.1. The maximum Gasteiger partial charge on any atom is 0.338 e. The number of aryl methyl sites for hydroxylation is 1. The van der Waals surface area contributed by atoms with Gasteiger partial charge in [0.25, 0.3) is 0 Å². The molecule has 0 aliphatic carbocycles. The van der Waals surface area contributed by atoms with E-state index in [1.165, 1.54) is 23.3 Å². The molecule has 0 fully saturated rings. The number of rotatable bonds is 4. The summed E-state index contributed by atoms with van der Waals surface area (Å²) in [6.07, 6.45) is 4.05. The summed E-state index contributed by atoms with van der Waals surface area (Å²) in [4.78, 5) is 15.0. The van der Waals surface area contributed by atoms with Gasteiger partial charge in [0.05, 0.1) is 23.9 Å². The number of oxazole rings is 1. The molecule has 22 heavy (non-hydrogen) atoms. The molecule has 0 atom stereocenters. The second-order valence-corrected chi connectivity index (χ2v) is 4.81. The highest BCUT2D eigenvalue weighted by molar-refractivity contribution is 5.86. The van der Waals surface area contributed by atoms with E-state index < -0.39 is 5.97 Å².